The molecule has 0 saturated carbocycles. The van der Waals surface area contributed by atoms with Crippen molar-refractivity contribution in [2.45, 2.75) is 37.0 Å². The van der Waals surface area contributed by atoms with Gasteiger partial charge in [0, 0.05) is 26.9 Å². The molecule has 3 aromatic rings. The molecular formula is C21H25N3O3S. The molecule has 148 valence electrons. The van der Waals surface area contributed by atoms with Gasteiger partial charge in [0.1, 0.15) is 0 Å². The highest BCUT2D eigenvalue weighted by Gasteiger charge is 2.16. The van der Waals surface area contributed by atoms with Crippen LogP contribution in [-0.4, -0.2) is 37.0 Å². The summed E-state index contributed by atoms with van der Waals surface area (Å²) in [7, 11) is -0.346. The molecular weight excluding hydrogens is 374 g/mol. The summed E-state index contributed by atoms with van der Waals surface area (Å²) in [5.41, 5.74) is 2.34. The summed E-state index contributed by atoms with van der Waals surface area (Å²) in [6, 6.07) is 17.3. The lowest BCUT2D eigenvalue weighted by Gasteiger charge is -2.11. The van der Waals surface area contributed by atoms with Gasteiger partial charge in [-0.1, -0.05) is 42.5 Å². The van der Waals surface area contributed by atoms with Crippen LogP contribution >= 0.6 is 0 Å². The van der Waals surface area contributed by atoms with E-state index in [9.17, 15) is 8.42 Å². The largest absolute Gasteiger partial charge is 0.425 e. The lowest BCUT2D eigenvalue weighted by Crippen LogP contribution is -2.22. The third kappa shape index (κ3) is 5.27. The van der Waals surface area contributed by atoms with Gasteiger partial charge >= 0.3 is 0 Å². The number of hydrogen-bond donors (Lipinski definition) is 0. The van der Waals surface area contributed by atoms with E-state index >= 15 is 0 Å². The second-order valence-corrected chi connectivity index (χ2v) is 9.01. The van der Waals surface area contributed by atoms with Crippen molar-refractivity contribution in [1.82, 2.24) is 14.5 Å². The highest BCUT2D eigenvalue weighted by atomic mass is 32.2. The maximum Gasteiger partial charge on any atom is 0.242 e. The fourth-order valence-electron chi connectivity index (χ4n) is 2.87. The molecule has 2 aromatic carbocycles. The van der Waals surface area contributed by atoms with E-state index in [0.29, 0.717) is 29.5 Å². The lowest BCUT2D eigenvalue weighted by atomic mass is 10.1. The molecule has 0 aliphatic rings. The van der Waals surface area contributed by atoms with E-state index in [1.165, 1.54) is 24.0 Å². The predicted molar refractivity (Wildman–Crippen MR) is 107 cm³/mol. The maximum atomic E-state index is 12.1. The summed E-state index contributed by atoms with van der Waals surface area (Å²) >= 11 is 0. The van der Waals surface area contributed by atoms with Gasteiger partial charge < -0.3 is 4.42 Å². The molecule has 0 amide bonds. The third-order valence-electron chi connectivity index (χ3n) is 4.54. The smallest absolute Gasteiger partial charge is 0.242 e. The van der Waals surface area contributed by atoms with Crippen molar-refractivity contribution in [1.29, 1.82) is 0 Å². The molecule has 3 rings (SSSR count). The van der Waals surface area contributed by atoms with Gasteiger partial charge in [-0.15, -0.1) is 10.2 Å². The third-order valence-corrected chi connectivity index (χ3v) is 6.37. The molecule has 0 spiro atoms. The number of sulfonamides is 1. The SMILES string of the molecule is CN(C)S(=O)(=O)c1ccc(CCc2nnc(CCCc3ccccc3)o2)cc1. The molecule has 28 heavy (non-hydrogen) atoms. The second kappa shape index (κ2) is 9.12. The average Bonchev–Trinajstić information content (AvgIpc) is 3.15. The molecule has 0 aliphatic carbocycles. The summed E-state index contributed by atoms with van der Waals surface area (Å²) in [5.74, 6) is 1.28. The van der Waals surface area contributed by atoms with Gasteiger partial charge in [-0.05, 0) is 42.5 Å². The Morgan fingerprint density at radius 1 is 0.786 bits per heavy atom. The molecule has 0 N–H and O–H groups in total. The summed E-state index contributed by atoms with van der Waals surface area (Å²) in [6.45, 7) is 0. The number of benzene rings is 2. The minimum Gasteiger partial charge on any atom is -0.425 e. The molecule has 1 aromatic heterocycles. The Hall–Kier alpha value is -2.51. The van der Waals surface area contributed by atoms with E-state index in [2.05, 4.69) is 22.3 Å². The van der Waals surface area contributed by atoms with Crippen LogP contribution in [-0.2, 0) is 35.7 Å². The van der Waals surface area contributed by atoms with Crippen LogP contribution in [0.5, 0.6) is 0 Å². The van der Waals surface area contributed by atoms with Gasteiger partial charge in [0.2, 0.25) is 21.8 Å². The zero-order valence-electron chi connectivity index (χ0n) is 16.2. The van der Waals surface area contributed by atoms with Crippen LogP contribution in [0.1, 0.15) is 29.3 Å². The first-order valence-corrected chi connectivity index (χ1v) is 10.8. The number of aromatic nitrogens is 2. The van der Waals surface area contributed by atoms with Crippen molar-refractivity contribution in [3.63, 3.8) is 0 Å². The van der Waals surface area contributed by atoms with Gasteiger partial charge in [-0.3, -0.25) is 0 Å². The van der Waals surface area contributed by atoms with Gasteiger partial charge in [0.15, 0.2) is 0 Å². The van der Waals surface area contributed by atoms with E-state index < -0.39 is 10.0 Å². The van der Waals surface area contributed by atoms with Crippen LogP contribution < -0.4 is 0 Å². The Morgan fingerprint density at radius 2 is 1.39 bits per heavy atom. The summed E-state index contributed by atoms with van der Waals surface area (Å²) in [5, 5.41) is 8.24. The van der Waals surface area contributed by atoms with E-state index in [-0.39, 0.29) is 0 Å². The molecule has 0 radical (unpaired) electrons. The molecule has 0 saturated heterocycles. The number of nitrogens with zero attached hydrogens (tertiary/aromatic N) is 3. The monoisotopic (exact) mass is 399 g/mol. The standard InChI is InChI=1S/C21H25N3O3S/c1-24(2)28(25,26)19-14-11-18(12-15-19)13-16-21-23-22-20(27-21)10-6-9-17-7-4-3-5-8-17/h3-5,7-8,11-12,14-15H,6,9-10,13,16H2,1-2H3. The van der Waals surface area contributed by atoms with Crippen molar-refractivity contribution < 1.29 is 12.8 Å². The fourth-order valence-corrected chi connectivity index (χ4v) is 3.77. The van der Waals surface area contributed by atoms with Crippen molar-refractivity contribution in [3.8, 4) is 0 Å². The fraction of sp³-hybridized carbons (Fsp3) is 0.333. The van der Waals surface area contributed by atoms with Crippen LogP contribution in [0.2, 0.25) is 0 Å². The van der Waals surface area contributed by atoms with Crippen LogP contribution in [0.4, 0.5) is 0 Å². The molecule has 0 fully saturated rings. The molecule has 1 heterocycles. The van der Waals surface area contributed by atoms with Gasteiger partial charge in [0.05, 0.1) is 4.90 Å². The molecule has 6 nitrogen and oxygen atoms in total. The first kappa shape index (κ1) is 20.2. The molecule has 0 bridgehead atoms. The number of hydrogen-bond acceptors (Lipinski definition) is 5. The van der Waals surface area contributed by atoms with Crippen molar-refractivity contribution in [3.05, 3.63) is 77.5 Å². The zero-order chi connectivity index (χ0) is 20.0. The van der Waals surface area contributed by atoms with E-state index in [0.717, 1.165) is 24.8 Å². The van der Waals surface area contributed by atoms with Gasteiger partial charge in [-0.2, -0.15) is 0 Å². The summed E-state index contributed by atoms with van der Waals surface area (Å²) in [6.07, 6.45) is 4.06. The quantitative estimate of drug-likeness (QED) is 0.552. The number of rotatable bonds is 9. The summed E-state index contributed by atoms with van der Waals surface area (Å²) < 4.78 is 31.1. The van der Waals surface area contributed by atoms with E-state index in [1.807, 2.05) is 30.3 Å². The van der Waals surface area contributed by atoms with Crippen molar-refractivity contribution >= 4 is 10.0 Å². The van der Waals surface area contributed by atoms with E-state index in [4.69, 9.17) is 4.42 Å². The normalized spacial score (nSPS) is 11.8. The Kier molecular flexibility index (Phi) is 6.59. The summed E-state index contributed by atoms with van der Waals surface area (Å²) in [4.78, 5) is 0.291. The van der Waals surface area contributed by atoms with Crippen LogP contribution in [0.25, 0.3) is 0 Å². The lowest BCUT2D eigenvalue weighted by molar-refractivity contribution is 0.444. The Labute approximate surface area is 166 Å². The van der Waals surface area contributed by atoms with Crippen LogP contribution in [0.15, 0.2) is 63.9 Å². The second-order valence-electron chi connectivity index (χ2n) is 6.86. The topological polar surface area (TPSA) is 76.3 Å². The first-order chi connectivity index (χ1) is 13.4. The Bertz CT molecular complexity index is 981. The number of aryl methyl sites for hydroxylation is 4. The van der Waals surface area contributed by atoms with Crippen LogP contribution in [0.3, 0.4) is 0 Å². The van der Waals surface area contributed by atoms with E-state index in [1.54, 1.807) is 12.1 Å². The molecule has 0 atom stereocenters. The molecule has 7 heteroatoms. The molecule has 0 unspecified atom stereocenters. The highest BCUT2D eigenvalue weighted by Crippen LogP contribution is 2.15. The van der Waals surface area contributed by atoms with Gasteiger partial charge in [-0.25, -0.2) is 12.7 Å². The minimum atomic E-state index is -3.39. The first-order valence-electron chi connectivity index (χ1n) is 9.32. The van der Waals surface area contributed by atoms with Gasteiger partial charge in [0.25, 0.3) is 0 Å². The average molecular weight is 400 g/mol. The van der Waals surface area contributed by atoms with Crippen LogP contribution in [0, 0.1) is 0 Å². The maximum absolute atomic E-state index is 12.1. The predicted octanol–water partition coefficient (Wildman–Crippen LogP) is 3.28. The Morgan fingerprint density at radius 3 is 2.04 bits per heavy atom. The zero-order valence-corrected chi connectivity index (χ0v) is 17.0. The van der Waals surface area contributed by atoms with Crippen molar-refractivity contribution in [2.75, 3.05) is 14.1 Å². The minimum absolute atomic E-state index is 0.291. The Balaban J connectivity index is 1.49. The highest BCUT2D eigenvalue weighted by molar-refractivity contribution is 7.89. The molecule has 0 aliphatic heterocycles. The van der Waals surface area contributed by atoms with Crippen molar-refractivity contribution in [2.24, 2.45) is 0 Å².